The molecule has 6 nitrogen and oxygen atoms in total. The van der Waals surface area contributed by atoms with Crippen molar-refractivity contribution in [3.8, 4) is 0 Å². The van der Waals surface area contributed by atoms with E-state index >= 15 is 0 Å². The highest BCUT2D eigenvalue weighted by Crippen LogP contribution is 2.28. The van der Waals surface area contributed by atoms with Crippen molar-refractivity contribution in [2.45, 2.75) is 31.7 Å². The molecular formula is C17H23N3O3. The fourth-order valence-electron chi connectivity index (χ4n) is 3.02. The number of benzene rings is 1. The molecule has 0 bridgehead atoms. The number of nitrogens with zero attached hydrogens (tertiary/aromatic N) is 2. The van der Waals surface area contributed by atoms with E-state index in [9.17, 15) is 4.79 Å². The van der Waals surface area contributed by atoms with Gasteiger partial charge in [0.1, 0.15) is 5.52 Å². The second kappa shape index (κ2) is 7.00. The number of fused-ring (bicyclic) bond motifs is 1. The van der Waals surface area contributed by atoms with Gasteiger partial charge in [-0.25, -0.2) is 9.78 Å². The van der Waals surface area contributed by atoms with Gasteiger partial charge in [-0.05, 0) is 31.9 Å². The van der Waals surface area contributed by atoms with E-state index in [2.05, 4.69) is 10.3 Å². The number of hydrogen-bond donors (Lipinski definition) is 1. The van der Waals surface area contributed by atoms with Crippen LogP contribution in [0.5, 0.6) is 0 Å². The molecule has 1 N–H and O–H groups in total. The average molecular weight is 317 g/mol. The lowest BCUT2D eigenvalue weighted by molar-refractivity contribution is 0.150. The topological polar surface area (TPSA) is 67.6 Å². The summed E-state index contributed by atoms with van der Waals surface area (Å²) < 4.78 is 10.9. The Morgan fingerprint density at radius 1 is 1.52 bits per heavy atom. The molecule has 2 atom stereocenters. The fourth-order valence-corrected chi connectivity index (χ4v) is 3.02. The maximum atomic E-state index is 12.3. The van der Waals surface area contributed by atoms with Crippen LogP contribution in [0.1, 0.15) is 31.6 Å². The van der Waals surface area contributed by atoms with Gasteiger partial charge in [-0.1, -0.05) is 12.1 Å². The Morgan fingerprint density at radius 2 is 2.35 bits per heavy atom. The molecular weight excluding hydrogens is 294 g/mol. The Morgan fingerprint density at radius 3 is 3.13 bits per heavy atom. The number of rotatable bonds is 4. The summed E-state index contributed by atoms with van der Waals surface area (Å²) in [5, 5.41) is 2.96. The van der Waals surface area contributed by atoms with E-state index in [-0.39, 0.29) is 18.0 Å². The van der Waals surface area contributed by atoms with Crippen LogP contribution in [0.4, 0.5) is 4.79 Å². The minimum atomic E-state index is -0.0460. The van der Waals surface area contributed by atoms with Crippen molar-refractivity contribution < 1.29 is 13.9 Å². The highest BCUT2D eigenvalue weighted by atomic mass is 16.5. The summed E-state index contributed by atoms with van der Waals surface area (Å²) in [5.41, 5.74) is 1.68. The molecule has 1 aromatic carbocycles. The standard InChI is InChI=1S/C17H23N3O3/c1-12(11-22-2)18-17(21)20-9-5-6-13(10-20)16-19-14-7-3-4-8-15(14)23-16/h3-4,7-8,12-13H,5-6,9-11H2,1-2H3,(H,18,21)/t12-,13-/m1/s1. The fraction of sp³-hybridized carbons (Fsp3) is 0.529. The zero-order valence-corrected chi connectivity index (χ0v) is 13.6. The number of para-hydroxylation sites is 2. The van der Waals surface area contributed by atoms with Gasteiger partial charge in [0.15, 0.2) is 11.5 Å². The van der Waals surface area contributed by atoms with E-state index in [0.29, 0.717) is 13.2 Å². The van der Waals surface area contributed by atoms with Gasteiger partial charge in [-0.2, -0.15) is 0 Å². The Kier molecular flexibility index (Phi) is 4.81. The van der Waals surface area contributed by atoms with Crippen molar-refractivity contribution >= 4 is 17.1 Å². The van der Waals surface area contributed by atoms with Gasteiger partial charge in [-0.3, -0.25) is 0 Å². The Hall–Kier alpha value is -2.08. The molecule has 23 heavy (non-hydrogen) atoms. The third kappa shape index (κ3) is 3.64. The van der Waals surface area contributed by atoms with Crippen molar-refractivity contribution in [1.29, 1.82) is 0 Å². The number of urea groups is 1. The van der Waals surface area contributed by atoms with Crippen LogP contribution in [-0.2, 0) is 4.74 Å². The van der Waals surface area contributed by atoms with Gasteiger partial charge >= 0.3 is 6.03 Å². The van der Waals surface area contributed by atoms with E-state index in [1.807, 2.05) is 36.1 Å². The van der Waals surface area contributed by atoms with Crippen LogP contribution in [-0.4, -0.2) is 48.8 Å². The van der Waals surface area contributed by atoms with Gasteiger partial charge < -0.3 is 19.4 Å². The van der Waals surface area contributed by atoms with Crippen molar-refractivity contribution in [2.75, 3.05) is 26.8 Å². The second-order valence-corrected chi connectivity index (χ2v) is 6.11. The zero-order chi connectivity index (χ0) is 16.2. The molecule has 1 saturated heterocycles. The number of amides is 2. The minimum Gasteiger partial charge on any atom is -0.440 e. The van der Waals surface area contributed by atoms with Crippen LogP contribution in [0.3, 0.4) is 0 Å². The molecule has 2 heterocycles. The number of ether oxygens (including phenoxy) is 1. The molecule has 0 spiro atoms. The lowest BCUT2D eigenvalue weighted by atomic mass is 9.98. The molecule has 0 unspecified atom stereocenters. The summed E-state index contributed by atoms with van der Waals surface area (Å²) in [4.78, 5) is 18.8. The predicted molar refractivity (Wildman–Crippen MR) is 87.4 cm³/mol. The first-order valence-electron chi connectivity index (χ1n) is 8.07. The minimum absolute atomic E-state index is 0.00259. The second-order valence-electron chi connectivity index (χ2n) is 6.11. The number of aromatic nitrogens is 1. The van der Waals surface area contributed by atoms with Gasteiger partial charge in [-0.15, -0.1) is 0 Å². The molecule has 2 aromatic rings. The van der Waals surface area contributed by atoms with Crippen LogP contribution in [0.15, 0.2) is 28.7 Å². The molecule has 1 fully saturated rings. The summed E-state index contributed by atoms with van der Waals surface area (Å²) in [6, 6.07) is 7.71. The van der Waals surface area contributed by atoms with Crippen LogP contribution in [0, 0.1) is 0 Å². The SMILES string of the molecule is COC[C@@H](C)NC(=O)N1CCC[C@@H](c2nc3ccccc3o2)C1. The van der Waals surface area contributed by atoms with Gasteiger partial charge in [0.05, 0.1) is 18.6 Å². The maximum absolute atomic E-state index is 12.3. The number of carbonyl (C=O) groups is 1. The largest absolute Gasteiger partial charge is 0.440 e. The number of oxazole rings is 1. The number of methoxy groups -OCH3 is 1. The molecule has 6 heteroatoms. The van der Waals surface area contributed by atoms with Crippen molar-refractivity contribution in [1.82, 2.24) is 15.2 Å². The Bertz CT molecular complexity index is 637. The lowest BCUT2D eigenvalue weighted by Crippen LogP contribution is -2.48. The summed E-state index contributed by atoms with van der Waals surface area (Å²) in [5.74, 6) is 0.883. The molecule has 0 aliphatic carbocycles. The van der Waals surface area contributed by atoms with Crippen molar-refractivity contribution in [2.24, 2.45) is 0 Å². The quantitative estimate of drug-likeness (QED) is 0.941. The monoisotopic (exact) mass is 317 g/mol. The summed E-state index contributed by atoms with van der Waals surface area (Å²) >= 11 is 0. The first kappa shape index (κ1) is 15.8. The van der Waals surface area contributed by atoms with Crippen LogP contribution in [0.2, 0.25) is 0 Å². The van der Waals surface area contributed by atoms with E-state index in [4.69, 9.17) is 9.15 Å². The van der Waals surface area contributed by atoms with Gasteiger partial charge in [0, 0.05) is 20.2 Å². The molecule has 0 radical (unpaired) electrons. The van der Waals surface area contributed by atoms with E-state index < -0.39 is 0 Å². The van der Waals surface area contributed by atoms with Crippen LogP contribution >= 0.6 is 0 Å². The molecule has 1 aliphatic rings. The summed E-state index contributed by atoms with van der Waals surface area (Å²) in [6.07, 6.45) is 1.94. The molecule has 124 valence electrons. The molecule has 1 aromatic heterocycles. The number of likely N-dealkylation sites (tertiary alicyclic amines) is 1. The van der Waals surface area contributed by atoms with Crippen molar-refractivity contribution in [3.05, 3.63) is 30.2 Å². The Balaban J connectivity index is 1.66. The number of nitrogens with one attached hydrogen (secondary N) is 1. The normalized spacial score (nSPS) is 19.7. The first-order valence-corrected chi connectivity index (χ1v) is 8.07. The molecule has 3 rings (SSSR count). The highest BCUT2D eigenvalue weighted by Gasteiger charge is 2.28. The van der Waals surface area contributed by atoms with E-state index in [0.717, 1.165) is 36.4 Å². The van der Waals surface area contributed by atoms with Gasteiger partial charge in [0.25, 0.3) is 0 Å². The third-order valence-corrected chi connectivity index (χ3v) is 4.15. The number of carbonyl (C=O) groups excluding carboxylic acids is 1. The van der Waals surface area contributed by atoms with E-state index in [1.54, 1.807) is 7.11 Å². The summed E-state index contributed by atoms with van der Waals surface area (Å²) in [7, 11) is 1.63. The maximum Gasteiger partial charge on any atom is 0.317 e. The highest BCUT2D eigenvalue weighted by molar-refractivity contribution is 5.75. The van der Waals surface area contributed by atoms with E-state index in [1.165, 1.54) is 0 Å². The average Bonchev–Trinajstić information content (AvgIpc) is 2.99. The lowest BCUT2D eigenvalue weighted by Gasteiger charge is -2.32. The van der Waals surface area contributed by atoms with Crippen LogP contribution < -0.4 is 5.32 Å². The molecule has 1 aliphatic heterocycles. The number of piperidine rings is 1. The Labute approximate surface area is 135 Å². The number of hydrogen-bond acceptors (Lipinski definition) is 4. The van der Waals surface area contributed by atoms with Crippen LogP contribution in [0.25, 0.3) is 11.1 Å². The summed E-state index contributed by atoms with van der Waals surface area (Å²) in [6.45, 7) is 3.85. The molecule has 2 amide bonds. The predicted octanol–water partition coefficient (Wildman–Crippen LogP) is 2.75. The third-order valence-electron chi connectivity index (χ3n) is 4.15. The van der Waals surface area contributed by atoms with Crippen molar-refractivity contribution in [3.63, 3.8) is 0 Å². The van der Waals surface area contributed by atoms with Gasteiger partial charge in [0.2, 0.25) is 0 Å². The first-order chi connectivity index (χ1) is 11.2. The molecule has 0 saturated carbocycles. The zero-order valence-electron chi connectivity index (χ0n) is 13.6. The smallest absolute Gasteiger partial charge is 0.317 e.